The van der Waals surface area contributed by atoms with Gasteiger partial charge in [-0.1, -0.05) is 50.9 Å². The van der Waals surface area contributed by atoms with Crippen LogP contribution in [-0.2, 0) is 12.4 Å². The summed E-state index contributed by atoms with van der Waals surface area (Å²) in [7, 11) is 0. The van der Waals surface area contributed by atoms with Gasteiger partial charge in [-0.15, -0.1) is 0 Å². The van der Waals surface area contributed by atoms with Gasteiger partial charge in [-0.05, 0) is 24.6 Å². The largest absolute Gasteiger partial charge is 0.416 e. The summed E-state index contributed by atoms with van der Waals surface area (Å²) in [6, 6.07) is 1.42. The second-order valence-corrected chi connectivity index (χ2v) is 5.61. The van der Waals surface area contributed by atoms with Gasteiger partial charge in [0.15, 0.2) is 0 Å². The predicted octanol–water partition coefficient (Wildman–Crippen LogP) is 6.83. The number of halogens is 6. The molecule has 0 aromatic heterocycles. The molecule has 0 nitrogen and oxygen atoms in total. The van der Waals surface area contributed by atoms with Gasteiger partial charge in [0.1, 0.15) is 0 Å². The number of hydrogen-bond donors (Lipinski definition) is 0. The van der Waals surface area contributed by atoms with Crippen molar-refractivity contribution >= 4 is 0 Å². The summed E-state index contributed by atoms with van der Waals surface area (Å²) >= 11 is 0. The maximum atomic E-state index is 12.7. The van der Waals surface area contributed by atoms with Crippen LogP contribution in [0.25, 0.3) is 0 Å². The third-order valence-corrected chi connectivity index (χ3v) is 3.48. The summed E-state index contributed by atoms with van der Waals surface area (Å²) in [4.78, 5) is 0. The SMILES string of the molecule is CCCCCCCCC#Cc1cc(C(F)(F)F)cc(C(F)(F)F)c1. The molecular weight excluding hydrogens is 330 g/mol. The summed E-state index contributed by atoms with van der Waals surface area (Å²) in [5.41, 5.74) is -2.93. The number of benzene rings is 1. The summed E-state index contributed by atoms with van der Waals surface area (Å²) in [6.45, 7) is 2.11. The lowest BCUT2D eigenvalue weighted by molar-refractivity contribution is -0.143. The summed E-state index contributed by atoms with van der Waals surface area (Å²) in [5.74, 6) is 5.09. The molecular formula is C18H20F6. The van der Waals surface area contributed by atoms with Crippen molar-refractivity contribution in [1.29, 1.82) is 0 Å². The van der Waals surface area contributed by atoms with Gasteiger partial charge in [-0.25, -0.2) is 0 Å². The highest BCUT2D eigenvalue weighted by Crippen LogP contribution is 2.36. The van der Waals surface area contributed by atoms with Gasteiger partial charge in [0.25, 0.3) is 0 Å². The van der Waals surface area contributed by atoms with E-state index in [1.807, 2.05) is 0 Å². The van der Waals surface area contributed by atoms with Crippen molar-refractivity contribution in [2.45, 2.75) is 64.2 Å². The van der Waals surface area contributed by atoms with E-state index in [1.165, 1.54) is 0 Å². The Hall–Kier alpha value is -1.64. The van der Waals surface area contributed by atoms with Crippen LogP contribution in [0.1, 0.15) is 68.6 Å². The van der Waals surface area contributed by atoms with Crippen LogP contribution in [0.5, 0.6) is 0 Å². The van der Waals surface area contributed by atoms with E-state index in [-0.39, 0.29) is 11.6 Å². The smallest absolute Gasteiger partial charge is 0.166 e. The zero-order chi connectivity index (χ0) is 18.2. The Kier molecular flexibility index (Phi) is 7.65. The molecule has 0 heterocycles. The molecule has 0 aliphatic carbocycles. The number of hydrogen-bond acceptors (Lipinski definition) is 0. The van der Waals surface area contributed by atoms with Crippen molar-refractivity contribution in [3.05, 3.63) is 34.9 Å². The standard InChI is InChI=1S/C18H20F6/c1-2-3-4-5-6-7-8-9-10-14-11-15(17(19,20)21)13-16(12-14)18(22,23)24/h11-13H,2-8H2,1H3. The minimum Gasteiger partial charge on any atom is -0.166 e. The molecule has 1 rings (SSSR count). The lowest BCUT2D eigenvalue weighted by Crippen LogP contribution is -2.11. The second kappa shape index (κ2) is 9.00. The molecule has 0 amide bonds. The third kappa shape index (κ3) is 7.29. The van der Waals surface area contributed by atoms with E-state index >= 15 is 0 Å². The molecule has 0 saturated heterocycles. The molecule has 6 heteroatoms. The molecule has 0 bridgehead atoms. The molecule has 1 aromatic carbocycles. The number of alkyl halides is 6. The van der Waals surface area contributed by atoms with Crippen molar-refractivity contribution in [1.82, 2.24) is 0 Å². The fraction of sp³-hybridized carbons (Fsp3) is 0.556. The van der Waals surface area contributed by atoms with Crippen molar-refractivity contribution in [3.63, 3.8) is 0 Å². The van der Waals surface area contributed by atoms with Crippen LogP contribution in [0.15, 0.2) is 18.2 Å². The van der Waals surface area contributed by atoms with Crippen LogP contribution in [0, 0.1) is 11.8 Å². The van der Waals surface area contributed by atoms with E-state index in [1.54, 1.807) is 0 Å². The molecule has 134 valence electrons. The lowest BCUT2D eigenvalue weighted by atomic mass is 10.0. The van der Waals surface area contributed by atoms with E-state index in [2.05, 4.69) is 18.8 Å². The van der Waals surface area contributed by atoms with Gasteiger partial charge >= 0.3 is 12.4 Å². The minimum atomic E-state index is -4.84. The van der Waals surface area contributed by atoms with Crippen LogP contribution >= 0.6 is 0 Å². The van der Waals surface area contributed by atoms with Crippen LogP contribution in [0.3, 0.4) is 0 Å². The maximum Gasteiger partial charge on any atom is 0.416 e. The van der Waals surface area contributed by atoms with E-state index in [9.17, 15) is 26.3 Å². The molecule has 0 unspecified atom stereocenters. The summed E-state index contributed by atoms with van der Waals surface area (Å²) < 4.78 is 76.3. The van der Waals surface area contributed by atoms with Crippen LogP contribution in [-0.4, -0.2) is 0 Å². The van der Waals surface area contributed by atoms with Gasteiger partial charge in [0.2, 0.25) is 0 Å². The van der Waals surface area contributed by atoms with Crippen LogP contribution in [0.2, 0.25) is 0 Å². The zero-order valence-electron chi connectivity index (χ0n) is 13.4. The normalized spacial score (nSPS) is 12.0. The monoisotopic (exact) mass is 350 g/mol. The van der Waals surface area contributed by atoms with Gasteiger partial charge in [-0.2, -0.15) is 26.3 Å². The first kappa shape index (κ1) is 20.4. The first-order valence-corrected chi connectivity index (χ1v) is 7.93. The summed E-state index contributed by atoms with van der Waals surface area (Å²) in [5, 5.41) is 0. The first-order chi connectivity index (χ1) is 11.1. The summed E-state index contributed by atoms with van der Waals surface area (Å²) in [6.07, 6.45) is -2.96. The second-order valence-electron chi connectivity index (χ2n) is 5.61. The molecule has 24 heavy (non-hydrogen) atoms. The topological polar surface area (TPSA) is 0 Å². The molecule has 0 saturated carbocycles. The fourth-order valence-electron chi connectivity index (χ4n) is 2.19. The average Bonchev–Trinajstić information content (AvgIpc) is 2.48. The quantitative estimate of drug-likeness (QED) is 0.300. The van der Waals surface area contributed by atoms with E-state index in [0.717, 1.165) is 38.5 Å². The van der Waals surface area contributed by atoms with Gasteiger partial charge in [-0.3, -0.25) is 0 Å². The minimum absolute atomic E-state index is 0.110. The van der Waals surface area contributed by atoms with Gasteiger partial charge < -0.3 is 0 Å². The molecule has 1 aromatic rings. The predicted molar refractivity (Wildman–Crippen MR) is 81.3 cm³/mol. The average molecular weight is 350 g/mol. The Labute approximate surface area is 138 Å². The highest BCUT2D eigenvalue weighted by molar-refractivity contribution is 5.42. The number of rotatable bonds is 6. The molecule has 0 N–H and O–H groups in total. The molecule has 0 fully saturated rings. The molecule has 0 aliphatic rings. The zero-order valence-corrected chi connectivity index (χ0v) is 13.4. The van der Waals surface area contributed by atoms with Crippen molar-refractivity contribution in [2.75, 3.05) is 0 Å². The van der Waals surface area contributed by atoms with Gasteiger partial charge in [0.05, 0.1) is 11.1 Å². The fourth-order valence-corrected chi connectivity index (χ4v) is 2.19. The maximum absolute atomic E-state index is 12.7. The van der Waals surface area contributed by atoms with Gasteiger partial charge in [0, 0.05) is 12.0 Å². The Morgan fingerprint density at radius 3 is 1.75 bits per heavy atom. The molecule has 0 radical (unpaired) electrons. The Morgan fingerprint density at radius 2 is 1.25 bits per heavy atom. The van der Waals surface area contributed by atoms with Crippen molar-refractivity contribution in [3.8, 4) is 11.8 Å². The Morgan fingerprint density at radius 1 is 0.750 bits per heavy atom. The third-order valence-electron chi connectivity index (χ3n) is 3.48. The Balaban J connectivity index is 2.76. The number of unbranched alkanes of at least 4 members (excludes halogenated alkanes) is 6. The molecule has 0 atom stereocenters. The highest BCUT2D eigenvalue weighted by atomic mass is 19.4. The molecule has 0 aliphatic heterocycles. The van der Waals surface area contributed by atoms with Crippen LogP contribution < -0.4 is 0 Å². The van der Waals surface area contributed by atoms with Crippen molar-refractivity contribution < 1.29 is 26.3 Å². The highest BCUT2D eigenvalue weighted by Gasteiger charge is 2.36. The first-order valence-electron chi connectivity index (χ1n) is 7.93. The van der Waals surface area contributed by atoms with Crippen molar-refractivity contribution in [2.24, 2.45) is 0 Å². The van der Waals surface area contributed by atoms with E-state index < -0.39 is 23.5 Å². The van der Waals surface area contributed by atoms with E-state index in [0.29, 0.717) is 18.6 Å². The Bertz CT molecular complexity index is 540. The van der Waals surface area contributed by atoms with E-state index in [4.69, 9.17) is 0 Å². The van der Waals surface area contributed by atoms with Crippen LogP contribution in [0.4, 0.5) is 26.3 Å². The lowest BCUT2D eigenvalue weighted by Gasteiger charge is -2.12. The molecule has 0 spiro atoms.